The van der Waals surface area contributed by atoms with E-state index < -0.39 is 6.04 Å². The monoisotopic (exact) mass is 485 g/mol. The molecule has 8 heteroatoms. The zero-order valence-electron chi connectivity index (χ0n) is 19.8. The van der Waals surface area contributed by atoms with E-state index in [2.05, 4.69) is 10.6 Å². The molecule has 34 heavy (non-hydrogen) atoms. The van der Waals surface area contributed by atoms with E-state index in [0.717, 1.165) is 6.42 Å². The van der Waals surface area contributed by atoms with Crippen molar-refractivity contribution in [2.75, 3.05) is 20.2 Å². The van der Waals surface area contributed by atoms with Crippen LogP contribution in [0.25, 0.3) is 0 Å². The summed E-state index contributed by atoms with van der Waals surface area (Å²) in [5.41, 5.74) is 0.895. The number of ether oxygens (including phenoxy) is 1. The normalized spacial score (nSPS) is 15.8. The van der Waals surface area contributed by atoms with Crippen LogP contribution in [0.2, 0.25) is 5.02 Å². The second-order valence-electron chi connectivity index (χ2n) is 8.61. The van der Waals surface area contributed by atoms with E-state index in [4.69, 9.17) is 16.3 Å². The number of piperidine rings is 1. The Morgan fingerprint density at radius 2 is 1.79 bits per heavy atom. The number of benzene rings is 2. The molecule has 2 unspecified atom stereocenters. The molecule has 2 aromatic carbocycles. The third kappa shape index (κ3) is 6.29. The van der Waals surface area contributed by atoms with E-state index in [-0.39, 0.29) is 29.7 Å². The summed E-state index contributed by atoms with van der Waals surface area (Å²) in [5.74, 6) is -0.148. The van der Waals surface area contributed by atoms with Crippen molar-refractivity contribution in [2.45, 2.75) is 45.2 Å². The third-order valence-corrected chi connectivity index (χ3v) is 6.63. The van der Waals surface area contributed by atoms with Gasteiger partial charge in [0, 0.05) is 24.7 Å². The largest absolute Gasteiger partial charge is 0.497 e. The Labute approximate surface area is 205 Å². The molecule has 1 heterocycles. The minimum Gasteiger partial charge on any atom is -0.497 e. The van der Waals surface area contributed by atoms with Crippen LogP contribution in [-0.2, 0) is 4.79 Å². The topological polar surface area (TPSA) is 87.7 Å². The van der Waals surface area contributed by atoms with Gasteiger partial charge < -0.3 is 20.3 Å². The average molecular weight is 486 g/mol. The van der Waals surface area contributed by atoms with Crippen LogP contribution in [0.4, 0.5) is 0 Å². The molecule has 182 valence electrons. The molecular weight excluding hydrogens is 454 g/mol. The van der Waals surface area contributed by atoms with Crippen LogP contribution in [0, 0.1) is 5.92 Å². The van der Waals surface area contributed by atoms with Crippen LogP contribution in [-0.4, -0.2) is 54.9 Å². The van der Waals surface area contributed by atoms with Gasteiger partial charge in [-0.3, -0.25) is 14.4 Å². The number of carbonyl (C=O) groups excluding carboxylic acids is 3. The molecular formula is C26H32ClN3O4. The summed E-state index contributed by atoms with van der Waals surface area (Å²) in [6.45, 7) is 4.91. The molecule has 0 aliphatic carbocycles. The van der Waals surface area contributed by atoms with Gasteiger partial charge in [0.05, 0.1) is 17.7 Å². The number of methoxy groups -OCH3 is 1. The fourth-order valence-corrected chi connectivity index (χ4v) is 4.29. The summed E-state index contributed by atoms with van der Waals surface area (Å²) in [6.07, 6.45) is 1.97. The summed E-state index contributed by atoms with van der Waals surface area (Å²) in [7, 11) is 1.57. The second kappa shape index (κ2) is 11.9. The molecule has 1 fully saturated rings. The van der Waals surface area contributed by atoms with E-state index in [1.807, 2.05) is 13.8 Å². The van der Waals surface area contributed by atoms with Crippen molar-refractivity contribution in [3.63, 3.8) is 0 Å². The van der Waals surface area contributed by atoms with Gasteiger partial charge in [0.1, 0.15) is 11.8 Å². The average Bonchev–Trinajstić information content (AvgIpc) is 2.87. The lowest BCUT2D eigenvalue weighted by atomic mass is 9.88. The molecule has 0 spiro atoms. The van der Waals surface area contributed by atoms with Gasteiger partial charge in [-0.25, -0.2) is 0 Å². The minimum absolute atomic E-state index is 0.0121. The maximum Gasteiger partial charge on any atom is 0.253 e. The van der Waals surface area contributed by atoms with Crippen molar-refractivity contribution in [1.29, 1.82) is 0 Å². The number of hydrogen-bond acceptors (Lipinski definition) is 4. The van der Waals surface area contributed by atoms with Gasteiger partial charge in [-0.05, 0) is 62.4 Å². The number of halogens is 1. The summed E-state index contributed by atoms with van der Waals surface area (Å²) in [5, 5.41) is 6.23. The van der Waals surface area contributed by atoms with E-state index >= 15 is 0 Å². The summed E-state index contributed by atoms with van der Waals surface area (Å²) in [6, 6.07) is 13.1. The maximum absolute atomic E-state index is 13.1. The molecule has 2 atom stereocenters. The van der Waals surface area contributed by atoms with Gasteiger partial charge in [-0.2, -0.15) is 0 Å². The molecule has 0 bridgehead atoms. The maximum atomic E-state index is 13.1. The zero-order chi connectivity index (χ0) is 24.7. The lowest BCUT2D eigenvalue weighted by Crippen LogP contribution is -2.55. The molecule has 3 rings (SSSR count). The van der Waals surface area contributed by atoms with Crippen LogP contribution in [0.5, 0.6) is 5.75 Å². The highest BCUT2D eigenvalue weighted by atomic mass is 35.5. The first kappa shape index (κ1) is 25.6. The van der Waals surface area contributed by atoms with Crippen molar-refractivity contribution in [2.24, 2.45) is 5.92 Å². The van der Waals surface area contributed by atoms with Gasteiger partial charge >= 0.3 is 0 Å². The number of likely N-dealkylation sites (tertiary alicyclic amines) is 1. The lowest BCUT2D eigenvalue weighted by Gasteiger charge is -2.36. The van der Waals surface area contributed by atoms with Crippen molar-refractivity contribution in [1.82, 2.24) is 15.5 Å². The van der Waals surface area contributed by atoms with Crippen LogP contribution < -0.4 is 15.4 Å². The van der Waals surface area contributed by atoms with Gasteiger partial charge in [0.25, 0.3) is 11.8 Å². The Bertz CT molecular complexity index is 1020. The van der Waals surface area contributed by atoms with Gasteiger partial charge in [0.15, 0.2) is 0 Å². The van der Waals surface area contributed by atoms with Crippen molar-refractivity contribution >= 4 is 29.3 Å². The predicted octanol–water partition coefficient (Wildman–Crippen LogP) is 3.91. The van der Waals surface area contributed by atoms with E-state index in [9.17, 15) is 14.4 Å². The van der Waals surface area contributed by atoms with Crippen LogP contribution >= 0.6 is 11.6 Å². The quantitative estimate of drug-likeness (QED) is 0.593. The molecule has 3 amide bonds. The molecule has 0 radical (unpaired) electrons. The Hall–Kier alpha value is -3.06. The highest BCUT2D eigenvalue weighted by molar-refractivity contribution is 6.33. The van der Waals surface area contributed by atoms with E-state index in [0.29, 0.717) is 47.8 Å². The molecule has 2 aromatic rings. The fourth-order valence-electron chi connectivity index (χ4n) is 4.07. The molecule has 2 N–H and O–H groups in total. The van der Waals surface area contributed by atoms with Crippen LogP contribution in [0.3, 0.4) is 0 Å². The van der Waals surface area contributed by atoms with Crippen LogP contribution in [0.1, 0.15) is 53.8 Å². The highest BCUT2D eigenvalue weighted by Gasteiger charge is 2.34. The lowest BCUT2D eigenvalue weighted by molar-refractivity contribution is -0.125. The zero-order valence-corrected chi connectivity index (χ0v) is 20.6. The van der Waals surface area contributed by atoms with Crippen molar-refractivity contribution < 1.29 is 19.1 Å². The summed E-state index contributed by atoms with van der Waals surface area (Å²) >= 11 is 6.19. The Balaban J connectivity index is 1.71. The second-order valence-corrected chi connectivity index (χ2v) is 9.02. The summed E-state index contributed by atoms with van der Waals surface area (Å²) in [4.78, 5) is 40.8. The van der Waals surface area contributed by atoms with Crippen molar-refractivity contribution in [3.05, 3.63) is 64.7 Å². The number of amides is 3. The molecule has 1 saturated heterocycles. The molecule has 1 aliphatic heterocycles. The number of rotatable bonds is 8. The standard InChI is InChI=1S/C26H32ClN3O4/c1-4-17(2)28-25(32)23(29-24(31)21-10-5-6-11-22(21)27)18-12-14-30(15-13-18)26(33)19-8-7-9-20(16-19)34-3/h5-11,16-18,23H,4,12-15H2,1-3H3,(H,28,32)(H,29,31). The third-order valence-electron chi connectivity index (χ3n) is 6.30. The molecule has 7 nitrogen and oxygen atoms in total. The molecule has 1 aliphatic rings. The summed E-state index contributed by atoms with van der Waals surface area (Å²) < 4.78 is 5.23. The first-order valence-electron chi connectivity index (χ1n) is 11.6. The first-order valence-corrected chi connectivity index (χ1v) is 12.0. The Morgan fingerprint density at radius 1 is 1.09 bits per heavy atom. The number of nitrogens with one attached hydrogen (secondary N) is 2. The predicted molar refractivity (Wildman–Crippen MR) is 132 cm³/mol. The van der Waals surface area contributed by atoms with Crippen molar-refractivity contribution in [3.8, 4) is 5.75 Å². The number of nitrogens with zero attached hydrogens (tertiary/aromatic N) is 1. The molecule has 0 aromatic heterocycles. The number of carbonyl (C=O) groups is 3. The van der Waals surface area contributed by atoms with Gasteiger partial charge in [-0.1, -0.05) is 36.7 Å². The SMILES string of the molecule is CCC(C)NC(=O)C(NC(=O)c1ccccc1Cl)C1CCN(C(=O)c2cccc(OC)c2)CC1. The smallest absolute Gasteiger partial charge is 0.253 e. The van der Waals surface area contributed by atoms with Gasteiger partial charge in [-0.15, -0.1) is 0 Å². The van der Waals surface area contributed by atoms with E-state index in [1.165, 1.54) is 0 Å². The Kier molecular flexibility index (Phi) is 8.93. The fraction of sp³-hybridized carbons (Fsp3) is 0.423. The highest BCUT2D eigenvalue weighted by Crippen LogP contribution is 2.24. The minimum atomic E-state index is -0.716. The Morgan fingerprint density at radius 3 is 2.44 bits per heavy atom. The van der Waals surface area contributed by atoms with Gasteiger partial charge in [0.2, 0.25) is 5.91 Å². The number of hydrogen-bond donors (Lipinski definition) is 2. The van der Waals surface area contributed by atoms with E-state index in [1.54, 1.807) is 60.5 Å². The molecule has 0 saturated carbocycles. The van der Waals surface area contributed by atoms with Crippen LogP contribution in [0.15, 0.2) is 48.5 Å². The first-order chi connectivity index (χ1) is 16.3.